The van der Waals surface area contributed by atoms with E-state index in [4.69, 9.17) is 14.2 Å². The zero-order valence-corrected chi connectivity index (χ0v) is 17.6. The highest BCUT2D eigenvalue weighted by Gasteiger charge is 2.16. The number of anilines is 1. The van der Waals surface area contributed by atoms with Crippen LogP contribution in [0.3, 0.4) is 0 Å². The monoisotopic (exact) mass is 440 g/mol. The minimum absolute atomic E-state index is 0.0193. The van der Waals surface area contributed by atoms with Gasteiger partial charge < -0.3 is 19.5 Å². The number of benzene rings is 3. The molecule has 8 nitrogen and oxygen atoms in total. The van der Waals surface area contributed by atoms with Crippen LogP contribution < -0.4 is 19.5 Å². The molecule has 4 aromatic rings. The smallest absolute Gasteiger partial charge is 0.336 e. The molecule has 0 spiro atoms. The Morgan fingerprint density at radius 2 is 1.48 bits per heavy atom. The lowest BCUT2D eigenvalue weighted by molar-refractivity contribution is -0.118. The minimum Gasteiger partial charge on any atom is -0.486 e. The normalized spacial score (nSPS) is 12.1. The van der Waals surface area contributed by atoms with Crippen LogP contribution in [-0.2, 0) is 4.79 Å². The summed E-state index contributed by atoms with van der Waals surface area (Å²) < 4.78 is 16.6. The van der Waals surface area contributed by atoms with Crippen LogP contribution in [0, 0.1) is 0 Å². The second-order valence-corrected chi connectivity index (χ2v) is 7.22. The molecule has 0 atom stereocenters. The topological polar surface area (TPSA) is 95.5 Å². The van der Waals surface area contributed by atoms with Gasteiger partial charge in [-0.1, -0.05) is 65.8 Å². The molecule has 0 radical (unpaired) electrons. The average Bonchev–Trinajstić information content (AvgIpc) is 2.88. The molecule has 2 heterocycles. The number of carbonyl (C=O) groups is 1. The van der Waals surface area contributed by atoms with Crippen LogP contribution in [0.4, 0.5) is 5.69 Å². The Labute approximate surface area is 190 Å². The van der Waals surface area contributed by atoms with Gasteiger partial charge in [0.2, 0.25) is 0 Å². The standard InChI is InChI=1S/C25H20N4O4/c30-22(26-19-11-12-20-21(15-19)32-14-13-31-20)16-33-25-27-23(17-7-3-1-4-8-17)24(28-29-25)18-9-5-2-6-10-18/h1-12,15H,13-14,16H2,(H,26,30). The Morgan fingerprint density at radius 1 is 0.818 bits per heavy atom. The van der Waals surface area contributed by atoms with E-state index in [1.165, 1.54) is 0 Å². The molecule has 33 heavy (non-hydrogen) atoms. The zero-order valence-electron chi connectivity index (χ0n) is 17.6. The molecule has 1 N–H and O–H groups in total. The van der Waals surface area contributed by atoms with Gasteiger partial charge in [-0.25, -0.2) is 0 Å². The maximum Gasteiger partial charge on any atom is 0.336 e. The van der Waals surface area contributed by atoms with Crippen LogP contribution in [0.15, 0.2) is 78.9 Å². The molecule has 0 saturated carbocycles. The molecule has 5 rings (SSSR count). The number of carbonyl (C=O) groups excluding carboxylic acids is 1. The van der Waals surface area contributed by atoms with E-state index in [9.17, 15) is 4.79 Å². The van der Waals surface area contributed by atoms with Gasteiger partial charge in [0.1, 0.15) is 24.6 Å². The van der Waals surface area contributed by atoms with Gasteiger partial charge >= 0.3 is 6.01 Å². The Morgan fingerprint density at radius 3 is 2.21 bits per heavy atom. The number of fused-ring (bicyclic) bond motifs is 1. The summed E-state index contributed by atoms with van der Waals surface area (Å²) in [4.78, 5) is 17.0. The number of nitrogens with zero attached hydrogens (tertiary/aromatic N) is 3. The van der Waals surface area contributed by atoms with Crippen LogP contribution >= 0.6 is 0 Å². The molecule has 1 aromatic heterocycles. The number of hydrogen-bond acceptors (Lipinski definition) is 7. The summed E-state index contributed by atoms with van der Waals surface area (Å²) in [6.45, 7) is 0.713. The molecule has 1 aliphatic rings. The van der Waals surface area contributed by atoms with Crippen molar-refractivity contribution >= 4 is 11.6 Å². The number of nitrogens with one attached hydrogen (secondary N) is 1. The average molecular weight is 440 g/mol. The van der Waals surface area contributed by atoms with Crippen molar-refractivity contribution in [2.75, 3.05) is 25.1 Å². The van der Waals surface area contributed by atoms with Crippen molar-refractivity contribution in [2.24, 2.45) is 0 Å². The minimum atomic E-state index is -0.358. The lowest BCUT2D eigenvalue weighted by atomic mass is 10.0. The fourth-order valence-electron chi connectivity index (χ4n) is 3.41. The highest BCUT2D eigenvalue weighted by Crippen LogP contribution is 2.32. The van der Waals surface area contributed by atoms with Crippen molar-refractivity contribution in [1.29, 1.82) is 0 Å². The third-order valence-electron chi connectivity index (χ3n) is 4.92. The first-order chi connectivity index (χ1) is 16.3. The van der Waals surface area contributed by atoms with Gasteiger partial charge in [0.05, 0.1) is 0 Å². The number of aromatic nitrogens is 3. The lowest BCUT2D eigenvalue weighted by Crippen LogP contribution is -2.21. The van der Waals surface area contributed by atoms with Gasteiger partial charge in [-0.05, 0) is 12.1 Å². The lowest BCUT2D eigenvalue weighted by Gasteiger charge is -2.19. The third-order valence-corrected chi connectivity index (χ3v) is 4.92. The molecule has 1 aliphatic heterocycles. The molecular weight excluding hydrogens is 420 g/mol. The van der Waals surface area contributed by atoms with E-state index in [0.29, 0.717) is 41.8 Å². The fraction of sp³-hybridized carbons (Fsp3) is 0.120. The van der Waals surface area contributed by atoms with E-state index in [-0.39, 0.29) is 18.5 Å². The molecule has 3 aromatic carbocycles. The van der Waals surface area contributed by atoms with Crippen LogP contribution in [0.5, 0.6) is 17.5 Å². The Kier molecular flexibility index (Phi) is 5.79. The molecule has 0 bridgehead atoms. The van der Waals surface area contributed by atoms with Gasteiger partial charge in [0.25, 0.3) is 5.91 Å². The summed E-state index contributed by atoms with van der Waals surface area (Å²) in [6.07, 6.45) is 0. The van der Waals surface area contributed by atoms with Crippen molar-refractivity contribution in [2.45, 2.75) is 0 Å². The van der Waals surface area contributed by atoms with Gasteiger partial charge in [0, 0.05) is 22.9 Å². The maximum absolute atomic E-state index is 12.4. The van der Waals surface area contributed by atoms with Crippen molar-refractivity contribution in [3.05, 3.63) is 78.9 Å². The molecule has 0 saturated heterocycles. The summed E-state index contributed by atoms with van der Waals surface area (Å²) in [5.74, 6) is 0.891. The first-order valence-corrected chi connectivity index (χ1v) is 10.4. The van der Waals surface area contributed by atoms with Crippen molar-refractivity contribution in [3.63, 3.8) is 0 Å². The van der Waals surface area contributed by atoms with Crippen LogP contribution in [0.2, 0.25) is 0 Å². The molecular formula is C25H20N4O4. The number of hydrogen-bond donors (Lipinski definition) is 1. The van der Waals surface area contributed by atoms with Crippen LogP contribution in [0.25, 0.3) is 22.5 Å². The van der Waals surface area contributed by atoms with Gasteiger partial charge in [-0.3, -0.25) is 4.79 Å². The largest absolute Gasteiger partial charge is 0.486 e. The van der Waals surface area contributed by atoms with Crippen LogP contribution in [0.1, 0.15) is 0 Å². The first kappa shape index (κ1) is 20.4. The summed E-state index contributed by atoms with van der Waals surface area (Å²) in [6, 6.07) is 24.6. The molecule has 0 fully saturated rings. The molecule has 0 unspecified atom stereocenters. The van der Waals surface area contributed by atoms with E-state index in [0.717, 1.165) is 11.1 Å². The molecule has 1 amide bonds. The van der Waals surface area contributed by atoms with Crippen molar-refractivity contribution in [3.8, 4) is 40.0 Å². The van der Waals surface area contributed by atoms with Crippen molar-refractivity contribution < 1.29 is 19.0 Å². The van der Waals surface area contributed by atoms with Gasteiger partial charge in [-0.2, -0.15) is 4.98 Å². The zero-order chi connectivity index (χ0) is 22.5. The summed E-state index contributed by atoms with van der Waals surface area (Å²) in [5, 5.41) is 11.2. The van der Waals surface area contributed by atoms with E-state index < -0.39 is 0 Å². The van der Waals surface area contributed by atoms with E-state index in [2.05, 4.69) is 20.5 Å². The van der Waals surface area contributed by atoms with Crippen LogP contribution in [-0.4, -0.2) is 40.9 Å². The molecule has 164 valence electrons. The summed E-state index contributed by atoms with van der Waals surface area (Å²) >= 11 is 0. The Balaban J connectivity index is 1.32. The highest BCUT2D eigenvalue weighted by molar-refractivity contribution is 5.92. The number of ether oxygens (including phenoxy) is 3. The fourth-order valence-corrected chi connectivity index (χ4v) is 3.41. The SMILES string of the molecule is O=C(COc1nnc(-c2ccccc2)c(-c2ccccc2)n1)Nc1ccc2c(c1)OCCO2. The quantitative estimate of drug-likeness (QED) is 0.484. The Hall–Kier alpha value is -4.46. The first-order valence-electron chi connectivity index (χ1n) is 10.4. The summed E-state index contributed by atoms with van der Waals surface area (Å²) in [5.41, 5.74) is 3.60. The predicted molar refractivity (Wildman–Crippen MR) is 122 cm³/mol. The maximum atomic E-state index is 12.4. The van der Waals surface area contributed by atoms with Gasteiger partial charge in [0.15, 0.2) is 18.1 Å². The number of amides is 1. The van der Waals surface area contributed by atoms with Gasteiger partial charge in [-0.15, -0.1) is 5.10 Å². The molecule has 8 heteroatoms. The second-order valence-electron chi connectivity index (χ2n) is 7.22. The van der Waals surface area contributed by atoms with Crippen molar-refractivity contribution in [1.82, 2.24) is 15.2 Å². The molecule has 0 aliphatic carbocycles. The predicted octanol–water partition coefficient (Wildman–Crippen LogP) is 3.99. The van der Waals surface area contributed by atoms with E-state index in [1.807, 2.05) is 60.7 Å². The van der Waals surface area contributed by atoms with E-state index >= 15 is 0 Å². The number of rotatable bonds is 6. The third kappa shape index (κ3) is 4.74. The summed E-state index contributed by atoms with van der Waals surface area (Å²) in [7, 11) is 0. The van der Waals surface area contributed by atoms with E-state index in [1.54, 1.807) is 18.2 Å². The second kappa shape index (κ2) is 9.35. The highest BCUT2D eigenvalue weighted by atomic mass is 16.6. The Bertz CT molecular complexity index is 1270.